The second kappa shape index (κ2) is 9.49. The minimum atomic E-state index is 0.774. The Morgan fingerprint density at radius 3 is 1.83 bits per heavy atom. The predicted octanol–water partition coefficient (Wildman–Crippen LogP) is 9.85. The van der Waals surface area contributed by atoms with Crippen molar-refractivity contribution in [1.82, 2.24) is 0 Å². The van der Waals surface area contributed by atoms with Crippen LogP contribution in [-0.2, 0) is 0 Å². The van der Waals surface area contributed by atoms with E-state index >= 15 is 0 Å². The van der Waals surface area contributed by atoms with E-state index in [1.807, 2.05) is 6.07 Å². The highest BCUT2D eigenvalue weighted by molar-refractivity contribution is 9.10. The molecule has 0 bridgehead atoms. The second-order valence-electron chi connectivity index (χ2n) is 8.96. The molecule has 0 saturated heterocycles. The van der Waals surface area contributed by atoms with Crippen LogP contribution < -0.4 is 5.73 Å². The summed E-state index contributed by atoms with van der Waals surface area (Å²) in [4.78, 5) is 0. The summed E-state index contributed by atoms with van der Waals surface area (Å²) < 4.78 is 1.05. The minimum absolute atomic E-state index is 0.774. The molecular formula is C34H24BrN. The van der Waals surface area contributed by atoms with Gasteiger partial charge in [-0.2, -0.15) is 0 Å². The summed E-state index contributed by atoms with van der Waals surface area (Å²) in [7, 11) is 0. The third-order valence-electron chi connectivity index (χ3n) is 6.73. The molecule has 0 aliphatic carbocycles. The molecule has 0 aromatic heterocycles. The normalized spacial score (nSPS) is 11.0. The SMILES string of the molecule is Nc1ccc(-c2ccc(-c3ccccc3)c(-c3cccc4ccccc34)c2)cc1-c1ccc(Br)cc1. The molecule has 6 rings (SSSR count). The first-order valence-corrected chi connectivity index (χ1v) is 12.8. The van der Waals surface area contributed by atoms with E-state index in [-0.39, 0.29) is 0 Å². The number of benzene rings is 6. The largest absolute Gasteiger partial charge is 0.398 e. The zero-order chi connectivity index (χ0) is 24.5. The summed E-state index contributed by atoms with van der Waals surface area (Å²) >= 11 is 3.53. The molecule has 0 heterocycles. The summed E-state index contributed by atoms with van der Waals surface area (Å²) in [6.45, 7) is 0. The number of hydrogen-bond acceptors (Lipinski definition) is 1. The first kappa shape index (κ1) is 22.3. The van der Waals surface area contributed by atoms with Crippen molar-refractivity contribution in [1.29, 1.82) is 0 Å². The van der Waals surface area contributed by atoms with Gasteiger partial charge in [-0.1, -0.05) is 119 Å². The molecular weight excluding hydrogens is 502 g/mol. The molecule has 0 fully saturated rings. The number of rotatable bonds is 4. The molecule has 6 aromatic rings. The van der Waals surface area contributed by atoms with Gasteiger partial charge in [0.05, 0.1) is 0 Å². The molecule has 6 aromatic carbocycles. The molecule has 0 aliphatic heterocycles. The Kier molecular flexibility index (Phi) is 5.88. The molecule has 1 nitrogen and oxygen atoms in total. The van der Waals surface area contributed by atoms with Gasteiger partial charge in [0.25, 0.3) is 0 Å². The number of fused-ring (bicyclic) bond motifs is 1. The van der Waals surface area contributed by atoms with Gasteiger partial charge < -0.3 is 5.73 Å². The van der Waals surface area contributed by atoms with E-state index < -0.39 is 0 Å². The van der Waals surface area contributed by atoms with E-state index in [4.69, 9.17) is 5.73 Å². The van der Waals surface area contributed by atoms with Crippen LogP contribution in [0.15, 0.2) is 138 Å². The van der Waals surface area contributed by atoms with Crippen LogP contribution >= 0.6 is 15.9 Å². The lowest BCUT2D eigenvalue weighted by Crippen LogP contribution is -1.92. The maximum absolute atomic E-state index is 6.41. The average molecular weight is 526 g/mol. The van der Waals surface area contributed by atoms with E-state index in [0.29, 0.717) is 0 Å². The first-order chi connectivity index (χ1) is 17.7. The van der Waals surface area contributed by atoms with Crippen LogP contribution in [0, 0.1) is 0 Å². The van der Waals surface area contributed by atoms with Crippen LogP contribution in [0.2, 0.25) is 0 Å². The van der Waals surface area contributed by atoms with Gasteiger partial charge in [-0.3, -0.25) is 0 Å². The lowest BCUT2D eigenvalue weighted by molar-refractivity contribution is 1.56. The van der Waals surface area contributed by atoms with Crippen LogP contribution in [0.4, 0.5) is 5.69 Å². The Morgan fingerprint density at radius 2 is 1.03 bits per heavy atom. The molecule has 0 aliphatic rings. The highest BCUT2D eigenvalue weighted by atomic mass is 79.9. The number of nitrogen functional groups attached to an aromatic ring is 1. The number of hydrogen-bond donors (Lipinski definition) is 1. The van der Waals surface area contributed by atoms with Crippen LogP contribution in [0.5, 0.6) is 0 Å². The second-order valence-corrected chi connectivity index (χ2v) is 9.88. The Labute approximate surface area is 220 Å². The Bertz CT molecular complexity index is 1680. The Balaban J connectivity index is 1.56. The number of nitrogens with two attached hydrogens (primary N) is 1. The van der Waals surface area contributed by atoms with Gasteiger partial charge in [-0.15, -0.1) is 0 Å². The molecule has 0 saturated carbocycles. The monoisotopic (exact) mass is 525 g/mol. The van der Waals surface area contributed by atoms with Gasteiger partial charge in [0.15, 0.2) is 0 Å². The maximum atomic E-state index is 6.41. The van der Waals surface area contributed by atoms with Crippen LogP contribution in [-0.4, -0.2) is 0 Å². The van der Waals surface area contributed by atoms with Gasteiger partial charge in [-0.25, -0.2) is 0 Å². The fourth-order valence-corrected chi connectivity index (χ4v) is 5.16. The van der Waals surface area contributed by atoms with Crippen molar-refractivity contribution in [2.75, 3.05) is 5.73 Å². The van der Waals surface area contributed by atoms with Crippen LogP contribution in [0.3, 0.4) is 0 Å². The van der Waals surface area contributed by atoms with Crippen molar-refractivity contribution >= 4 is 32.4 Å². The molecule has 2 N–H and O–H groups in total. The van der Waals surface area contributed by atoms with Crippen molar-refractivity contribution in [2.45, 2.75) is 0 Å². The molecule has 0 unspecified atom stereocenters. The van der Waals surface area contributed by atoms with E-state index in [1.54, 1.807) is 0 Å². The first-order valence-electron chi connectivity index (χ1n) is 12.0. The standard InChI is InChI=1S/C34H24BrN/c35-28-17-13-25(14-18-28)32-21-27(16-20-34(32)36)26-15-19-30(23-7-2-1-3-8-23)33(22-26)31-12-6-10-24-9-4-5-11-29(24)31/h1-22H,36H2. The Morgan fingerprint density at radius 1 is 0.417 bits per heavy atom. The van der Waals surface area contributed by atoms with Crippen molar-refractivity contribution in [3.63, 3.8) is 0 Å². The fraction of sp³-hybridized carbons (Fsp3) is 0. The van der Waals surface area contributed by atoms with E-state index in [2.05, 4.69) is 143 Å². The topological polar surface area (TPSA) is 26.0 Å². The number of halogens is 1. The number of anilines is 1. The fourth-order valence-electron chi connectivity index (χ4n) is 4.89. The minimum Gasteiger partial charge on any atom is -0.398 e. The van der Waals surface area contributed by atoms with E-state index in [0.717, 1.165) is 32.4 Å². The van der Waals surface area contributed by atoms with E-state index in [9.17, 15) is 0 Å². The molecule has 0 amide bonds. The summed E-state index contributed by atoms with van der Waals surface area (Å²) in [6.07, 6.45) is 0. The predicted molar refractivity (Wildman–Crippen MR) is 158 cm³/mol. The lowest BCUT2D eigenvalue weighted by atomic mass is 9.88. The summed E-state index contributed by atoms with van der Waals surface area (Å²) in [5, 5.41) is 2.49. The van der Waals surface area contributed by atoms with E-state index in [1.165, 1.54) is 33.0 Å². The molecule has 0 atom stereocenters. The summed E-state index contributed by atoms with van der Waals surface area (Å²) in [5.41, 5.74) is 16.5. The third-order valence-corrected chi connectivity index (χ3v) is 7.25. The average Bonchev–Trinajstić information content (AvgIpc) is 2.94. The van der Waals surface area contributed by atoms with Gasteiger partial charge in [-0.05, 0) is 80.0 Å². The van der Waals surface area contributed by atoms with Crippen molar-refractivity contribution in [2.24, 2.45) is 0 Å². The van der Waals surface area contributed by atoms with Crippen molar-refractivity contribution < 1.29 is 0 Å². The highest BCUT2D eigenvalue weighted by Crippen LogP contribution is 2.40. The van der Waals surface area contributed by atoms with Gasteiger partial charge in [0, 0.05) is 15.7 Å². The molecule has 2 heteroatoms. The van der Waals surface area contributed by atoms with Crippen LogP contribution in [0.25, 0.3) is 55.3 Å². The lowest BCUT2D eigenvalue weighted by Gasteiger charge is -2.16. The van der Waals surface area contributed by atoms with Gasteiger partial charge in [0.1, 0.15) is 0 Å². The van der Waals surface area contributed by atoms with Gasteiger partial charge >= 0.3 is 0 Å². The molecule has 0 radical (unpaired) electrons. The zero-order valence-corrected chi connectivity index (χ0v) is 21.2. The maximum Gasteiger partial charge on any atom is 0.0394 e. The van der Waals surface area contributed by atoms with Crippen molar-refractivity contribution in [3.8, 4) is 44.5 Å². The highest BCUT2D eigenvalue weighted by Gasteiger charge is 2.13. The zero-order valence-electron chi connectivity index (χ0n) is 19.7. The molecule has 172 valence electrons. The molecule has 36 heavy (non-hydrogen) atoms. The molecule has 0 spiro atoms. The summed E-state index contributed by atoms with van der Waals surface area (Å²) in [6, 6.07) is 47.2. The van der Waals surface area contributed by atoms with Crippen molar-refractivity contribution in [3.05, 3.63) is 138 Å². The third kappa shape index (κ3) is 4.21. The van der Waals surface area contributed by atoms with Crippen LogP contribution in [0.1, 0.15) is 0 Å². The quantitative estimate of drug-likeness (QED) is 0.227. The smallest absolute Gasteiger partial charge is 0.0394 e. The Hall–Kier alpha value is -4.14. The summed E-state index contributed by atoms with van der Waals surface area (Å²) in [5.74, 6) is 0. The van der Waals surface area contributed by atoms with Gasteiger partial charge in [0.2, 0.25) is 0 Å².